The van der Waals surface area contributed by atoms with E-state index in [1.165, 1.54) is 12.1 Å². The molecule has 0 radical (unpaired) electrons. The Morgan fingerprint density at radius 1 is 1.47 bits per heavy atom. The first-order valence-corrected chi connectivity index (χ1v) is 5.68. The van der Waals surface area contributed by atoms with Crippen molar-refractivity contribution in [3.63, 3.8) is 0 Å². The average Bonchev–Trinajstić information content (AvgIpc) is 2.94. The van der Waals surface area contributed by atoms with Gasteiger partial charge in [0.15, 0.2) is 0 Å². The van der Waals surface area contributed by atoms with Crippen LogP contribution in [0.25, 0.3) is 0 Å². The zero-order valence-electron chi connectivity index (χ0n) is 9.64. The minimum atomic E-state index is -0.969. The van der Waals surface area contributed by atoms with E-state index in [1.54, 1.807) is 12.1 Å². The van der Waals surface area contributed by atoms with Crippen molar-refractivity contribution in [3.8, 4) is 0 Å². The number of aromatic carboxylic acids is 1. The predicted molar refractivity (Wildman–Crippen MR) is 62.8 cm³/mol. The minimum Gasteiger partial charge on any atom is -0.478 e. The van der Waals surface area contributed by atoms with Crippen LogP contribution in [0.1, 0.15) is 29.3 Å². The summed E-state index contributed by atoms with van der Waals surface area (Å²) in [5.74, 6) is -0.436. The maximum atomic E-state index is 11.6. The molecule has 2 unspecified atom stereocenters. The summed E-state index contributed by atoms with van der Waals surface area (Å²) >= 11 is 0. The highest BCUT2D eigenvalue weighted by Gasteiger charge is 2.33. The normalized spacial score (nSPS) is 21.9. The monoisotopic (exact) mass is 233 g/mol. The number of hydrogen-bond acceptors (Lipinski definition) is 2. The molecule has 1 aliphatic rings. The average molecular weight is 233 g/mol. The second-order valence-electron chi connectivity index (χ2n) is 4.57. The van der Waals surface area contributed by atoms with Gasteiger partial charge in [-0.25, -0.2) is 4.79 Å². The Kier molecular flexibility index (Phi) is 3.13. The third kappa shape index (κ3) is 3.06. The van der Waals surface area contributed by atoms with Gasteiger partial charge in [-0.15, -0.1) is 0 Å². The van der Waals surface area contributed by atoms with E-state index in [2.05, 4.69) is 12.2 Å². The van der Waals surface area contributed by atoms with Gasteiger partial charge in [-0.1, -0.05) is 19.1 Å². The topological polar surface area (TPSA) is 66.4 Å². The summed E-state index contributed by atoms with van der Waals surface area (Å²) < 4.78 is 0. The Morgan fingerprint density at radius 2 is 2.18 bits per heavy atom. The second kappa shape index (κ2) is 4.57. The molecule has 0 spiro atoms. The van der Waals surface area contributed by atoms with Crippen LogP contribution in [0.4, 0.5) is 0 Å². The molecule has 4 nitrogen and oxygen atoms in total. The van der Waals surface area contributed by atoms with Gasteiger partial charge < -0.3 is 10.4 Å². The molecule has 1 saturated carbocycles. The lowest BCUT2D eigenvalue weighted by Gasteiger charge is -2.04. The fourth-order valence-electron chi connectivity index (χ4n) is 1.78. The Balaban J connectivity index is 1.95. The van der Waals surface area contributed by atoms with E-state index in [0.717, 1.165) is 12.0 Å². The van der Waals surface area contributed by atoms with Crippen LogP contribution in [0.3, 0.4) is 0 Å². The number of hydrogen-bond donors (Lipinski definition) is 2. The largest absolute Gasteiger partial charge is 0.478 e. The number of carboxylic acid groups (broad SMARTS) is 1. The third-order valence-corrected chi connectivity index (χ3v) is 2.99. The first kappa shape index (κ1) is 11.6. The summed E-state index contributed by atoms with van der Waals surface area (Å²) in [5, 5.41) is 11.7. The van der Waals surface area contributed by atoms with Crippen molar-refractivity contribution in [2.24, 2.45) is 5.92 Å². The Labute approximate surface area is 99.6 Å². The lowest BCUT2D eigenvalue weighted by Crippen LogP contribution is -2.28. The molecule has 1 aromatic carbocycles. The first-order chi connectivity index (χ1) is 8.06. The molecule has 0 bridgehead atoms. The van der Waals surface area contributed by atoms with E-state index >= 15 is 0 Å². The summed E-state index contributed by atoms with van der Waals surface area (Å²) in [5.41, 5.74) is 0.950. The third-order valence-electron chi connectivity index (χ3n) is 2.99. The van der Waals surface area contributed by atoms with Crippen molar-refractivity contribution in [1.29, 1.82) is 0 Å². The fourth-order valence-corrected chi connectivity index (χ4v) is 1.78. The highest BCUT2D eigenvalue weighted by molar-refractivity contribution is 5.88. The minimum absolute atomic E-state index is 0.0399. The van der Waals surface area contributed by atoms with Crippen LogP contribution in [0.15, 0.2) is 24.3 Å². The zero-order chi connectivity index (χ0) is 12.4. The number of carbonyl (C=O) groups is 2. The predicted octanol–water partition coefficient (Wildman–Crippen LogP) is 1.45. The molecule has 2 N–H and O–H groups in total. The lowest BCUT2D eigenvalue weighted by molar-refractivity contribution is -0.120. The zero-order valence-corrected chi connectivity index (χ0v) is 9.64. The maximum absolute atomic E-state index is 11.6. The van der Waals surface area contributed by atoms with Gasteiger partial charge in [0.25, 0.3) is 0 Å². The van der Waals surface area contributed by atoms with Gasteiger partial charge in [0.1, 0.15) is 0 Å². The molecule has 2 atom stereocenters. The van der Waals surface area contributed by atoms with Crippen molar-refractivity contribution in [1.82, 2.24) is 5.32 Å². The Hall–Kier alpha value is -1.84. The van der Waals surface area contributed by atoms with Crippen LogP contribution in [0.5, 0.6) is 0 Å². The maximum Gasteiger partial charge on any atom is 0.335 e. The standard InChI is InChI=1S/C13H15NO3/c1-8-5-11(8)14-12(15)7-9-3-2-4-10(6-9)13(16)17/h2-4,6,8,11H,5,7H2,1H3,(H,14,15)(H,16,17). The van der Waals surface area contributed by atoms with E-state index < -0.39 is 5.97 Å². The Bertz CT molecular complexity index is 456. The SMILES string of the molecule is CC1CC1NC(=O)Cc1cccc(C(=O)O)c1. The molecule has 0 aromatic heterocycles. The van der Waals surface area contributed by atoms with Crippen molar-refractivity contribution in [2.45, 2.75) is 25.8 Å². The number of rotatable bonds is 4. The second-order valence-corrected chi connectivity index (χ2v) is 4.57. The van der Waals surface area contributed by atoms with Crippen molar-refractivity contribution in [3.05, 3.63) is 35.4 Å². The molecule has 2 rings (SSSR count). The van der Waals surface area contributed by atoms with Gasteiger partial charge in [-0.05, 0) is 30.0 Å². The van der Waals surface area contributed by atoms with Crippen LogP contribution in [-0.2, 0) is 11.2 Å². The summed E-state index contributed by atoms with van der Waals surface area (Å²) in [6.07, 6.45) is 1.28. The summed E-state index contributed by atoms with van der Waals surface area (Å²) in [6, 6.07) is 6.80. The van der Waals surface area contributed by atoms with Crippen LogP contribution in [-0.4, -0.2) is 23.0 Å². The number of nitrogens with one attached hydrogen (secondary N) is 1. The fraction of sp³-hybridized carbons (Fsp3) is 0.385. The molecule has 17 heavy (non-hydrogen) atoms. The van der Waals surface area contributed by atoms with Crippen LogP contribution in [0, 0.1) is 5.92 Å². The van der Waals surface area contributed by atoms with E-state index in [9.17, 15) is 9.59 Å². The van der Waals surface area contributed by atoms with E-state index in [0.29, 0.717) is 12.0 Å². The molecule has 1 fully saturated rings. The van der Waals surface area contributed by atoms with Crippen LogP contribution < -0.4 is 5.32 Å². The summed E-state index contributed by atoms with van der Waals surface area (Å²) in [7, 11) is 0. The molecule has 1 aliphatic carbocycles. The molecular formula is C13H15NO3. The van der Waals surface area contributed by atoms with E-state index in [4.69, 9.17) is 5.11 Å². The summed E-state index contributed by atoms with van der Waals surface area (Å²) in [4.78, 5) is 22.4. The van der Waals surface area contributed by atoms with Crippen LogP contribution >= 0.6 is 0 Å². The van der Waals surface area contributed by atoms with Gasteiger partial charge in [-0.3, -0.25) is 4.79 Å². The van der Waals surface area contributed by atoms with Gasteiger partial charge in [0, 0.05) is 6.04 Å². The molecule has 90 valence electrons. The molecule has 0 heterocycles. The highest BCUT2D eigenvalue weighted by Crippen LogP contribution is 2.28. The van der Waals surface area contributed by atoms with E-state index in [1.807, 2.05) is 0 Å². The first-order valence-electron chi connectivity index (χ1n) is 5.68. The van der Waals surface area contributed by atoms with Crippen molar-refractivity contribution in [2.75, 3.05) is 0 Å². The summed E-state index contributed by atoms with van der Waals surface area (Å²) in [6.45, 7) is 2.09. The van der Waals surface area contributed by atoms with Crippen molar-refractivity contribution < 1.29 is 14.7 Å². The Morgan fingerprint density at radius 3 is 2.76 bits per heavy atom. The molecule has 0 saturated heterocycles. The molecule has 1 amide bonds. The van der Waals surface area contributed by atoms with Gasteiger partial charge >= 0.3 is 5.97 Å². The number of carboxylic acids is 1. The van der Waals surface area contributed by atoms with Crippen LogP contribution in [0.2, 0.25) is 0 Å². The molecular weight excluding hydrogens is 218 g/mol. The van der Waals surface area contributed by atoms with Gasteiger partial charge in [-0.2, -0.15) is 0 Å². The number of carbonyl (C=O) groups excluding carboxylic acids is 1. The number of amides is 1. The molecule has 4 heteroatoms. The molecule has 1 aromatic rings. The molecule has 0 aliphatic heterocycles. The smallest absolute Gasteiger partial charge is 0.335 e. The van der Waals surface area contributed by atoms with E-state index in [-0.39, 0.29) is 17.9 Å². The highest BCUT2D eigenvalue weighted by atomic mass is 16.4. The quantitative estimate of drug-likeness (QED) is 0.827. The number of benzene rings is 1. The van der Waals surface area contributed by atoms with Gasteiger partial charge in [0.05, 0.1) is 12.0 Å². The van der Waals surface area contributed by atoms with Gasteiger partial charge in [0.2, 0.25) is 5.91 Å². The van der Waals surface area contributed by atoms with Crippen molar-refractivity contribution >= 4 is 11.9 Å². The lowest BCUT2D eigenvalue weighted by atomic mass is 10.1.